The van der Waals surface area contributed by atoms with Gasteiger partial charge in [0.25, 0.3) is 6.71 Å². The van der Waals surface area contributed by atoms with Gasteiger partial charge in [-0.3, -0.25) is 0 Å². The van der Waals surface area contributed by atoms with Crippen LogP contribution in [0.2, 0.25) is 0 Å². The van der Waals surface area contributed by atoms with Crippen LogP contribution < -0.4 is 25.5 Å². The molecule has 0 atom stereocenters. The van der Waals surface area contributed by atoms with E-state index < -0.39 is 0 Å². The molecule has 4 heteroatoms. The van der Waals surface area contributed by atoms with Crippen LogP contribution in [-0.2, 0) is 43.3 Å². The predicted molar refractivity (Wildman–Crippen MR) is 285 cm³/mol. The second-order valence-corrected chi connectivity index (χ2v) is 28.4. The molecule has 5 aromatic carbocycles. The highest BCUT2D eigenvalue weighted by molar-refractivity contribution is 7.33. The first-order valence-corrected chi connectivity index (χ1v) is 25.6. The molecule has 0 N–H and O–H groups in total. The summed E-state index contributed by atoms with van der Waals surface area (Å²) in [5.74, 6) is 0. The SMILES string of the molecule is CC(C)(C)c1cc2c3c(c1)N(c1ccc4c(c1)C(C)(C)CC4(C)C)c1c(sc4ccc(C(C)(C)C)cc14)B3c1cc3c(cc1N2c1ccc2c(c1)C(C)(C)CC2(C)C)C(C)(C)CC3(C)C. The van der Waals surface area contributed by atoms with Gasteiger partial charge >= 0.3 is 0 Å². The van der Waals surface area contributed by atoms with Crippen molar-refractivity contribution in [2.75, 3.05) is 9.80 Å². The zero-order chi connectivity index (χ0) is 46.7. The summed E-state index contributed by atoms with van der Waals surface area (Å²) in [6, 6.07) is 33.1. The molecule has 1 aromatic heterocycles. The summed E-state index contributed by atoms with van der Waals surface area (Å²) in [5, 5.41) is 1.38. The minimum atomic E-state index is -0.0904. The van der Waals surface area contributed by atoms with Crippen molar-refractivity contribution in [2.24, 2.45) is 0 Å². The van der Waals surface area contributed by atoms with Crippen molar-refractivity contribution in [3.8, 4) is 0 Å². The summed E-state index contributed by atoms with van der Waals surface area (Å²) in [5.41, 5.74) is 23.1. The molecule has 3 heterocycles. The Morgan fingerprint density at radius 3 is 1.40 bits per heavy atom. The molecule has 5 aliphatic rings. The van der Waals surface area contributed by atoms with Crippen LogP contribution in [0.15, 0.2) is 78.9 Å². The molecule has 0 saturated heterocycles. The minimum Gasteiger partial charge on any atom is -0.311 e. The van der Waals surface area contributed by atoms with E-state index in [1.807, 2.05) is 11.3 Å². The minimum absolute atomic E-state index is 0.0205. The molecule has 65 heavy (non-hydrogen) atoms. The Morgan fingerprint density at radius 2 is 0.892 bits per heavy atom. The van der Waals surface area contributed by atoms with E-state index in [9.17, 15) is 0 Å². The average Bonchev–Trinajstić information content (AvgIpc) is 3.77. The zero-order valence-corrected chi connectivity index (χ0v) is 43.8. The second-order valence-electron chi connectivity index (χ2n) is 27.3. The van der Waals surface area contributed by atoms with Gasteiger partial charge in [0.15, 0.2) is 0 Å². The van der Waals surface area contributed by atoms with E-state index in [2.05, 4.69) is 213 Å². The smallest absolute Gasteiger partial charge is 0.264 e. The van der Waals surface area contributed by atoms with Gasteiger partial charge in [0.05, 0.1) is 5.69 Å². The molecular weight excluding hydrogens is 804 g/mol. The molecule has 0 spiro atoms. The Hall–Kier alpha value is -4.28. The fourth-order valence-corrected chi connectivity index (χ4v) is 15.9. The average molecular weight is 877 g/mol. The number of thiophene rings is 1. The van der Waals surface area contributed by atoms with Crippen molar-refractivity contribution in [3.63, 3.8) is 0 Å². The standard InChI is InChI=1S/C61H73BN2S/c1-54(2,3)35-19-24-50-39(25-35)52-53(65-50)62-46-30-44-45(61(17,18)34-60(44,15)16)31-47(46)63(37-20-22-40-42(28-37)58(11,12)32-56(40,7)8)48-26-36(55(4,5)6)27-49(51(48)62)64(52)38-21-23-41-43(29-38)59(13,14)33-57(41,9)10/h19-31H,32-34H2,1-18H3. The van der Waals surface area contributed by atoms with Crippen LogP contribution in [0.5, 0.6) is 0 Å². The maximum absolute atomic E-state index is 2.74. The van der Waals surface area contributed by atoms with Gasteiger partial charge in [0.2, 0.25) is 0 Å². The molecule has 0 amide bonds. The van der Waals surface area contributed by atoms with Crippen molar-refractivity contribution in [1.82, 2.24) is 0 Å². The highest BCUT2D eigenvalue weighted by Gasteiger charge is 2.51. The second kappa shape index (κ2) is 12.8. The molecule has 336 valence electrons. The van der Waals surface area contributed by atoms with Gasteiger partial charge in [0, 0.05) is 43.3 Å². The van der Waals surface area contributed by atoms with Crippen molar-refractivity contribution < 1.29 is 0 Å². The van der Waals surface area contributed by atoms with E-state index in [1.165, 1.54) is 104 Å². The summed E-state index contributed by atoms with van der Waals surface area (Å²) >= 11 is 2.04. The molecule has 2 aliphatic heterocycles. The third-order valence-electron chi connectivity index (χ3n) is 17.1. The van der Waals surface area contributed by atoms with Crippen LogP contribution in [0.4, 0.5) is 34.1 Å². The summed E-state index contributed by atoms with van der Waals surface area (Å²) in [6.07, 6.45) is 3.44. The van der Waals surface area contributed by atoms with E-state index in [0.717, 1.165) is 19.3 Å². The zero-order valence-electron chi connectivity index (χ0n) is 43.0. The van der Waals surface area contributed by atoms with Gasteiger partial charge in [-0.15, -0.1) is 11.3 Å². The van der Waals surface area contributed by atoms with E-state index in [1.54, 1.807) is 0 Å². The molecular formula is C61H73BN2S. The quantitative estimate of drug-likeness (QED) is 0.160. The molecule has 0 bridgehead atoms. The number of nitrogens with zero attached hydrogens (tertiary/aromatic N) is 2. The number of anilines is 6. The first kappa shape index (κ1) is 43.3. The fraction of sp³-hybridized carbons (Fsp3) is 0.475. The van der Waals surface area contributed by atoms with Crippen LogP contribution in [0.3, 0.4) is 0 Å². The van der Waals surface area contributed by atoms with Gasteiger partial charge < -0.3 is 9.80 Å². The summed E-state index contributed by atoms with van der Waals surface area (Å²) in [4.78, 5) is 5.47. The van der Waals surface area contributed by atoms with Crippen LogP contribution in [-0.4, -0.2) is 6.71 Å². The number of benzene rings is 5. The van der Waals surface area contributed by atoms with E-state index in [-0.39, 0.29) is 50.0 Å². The van der Waals surface area contributed by atoms with Gasteiger partial charge in [-0.05, 0) is 173 Å². The molecule has 2 nitrogen and oxygen atoms in total. The Kier molecular flexibility index (Phi) is 8.54. The number of fused-ring (bicyclic) bond motifs is 9. The Balaban J connectivity index is 1.29. The Bertz CT molecular complexity index is 3060. The lowest BCUT2D eigenvalue weighted by atomic mass is 9.35. The monoisotopic (exact) mass is 877 g/mol. The normalized spacial score (nSPS) is 20.9. The van der Waals surface area contributed by atoms with Crippen LogP contribution in [0, 0.1) is 0 Å². The molecule has 0 fully saturated rings. The fourth-order valence-electron chi connectivity index (χ4n) is 14.6. The van der Waals surface area contributed by atoms with Gasteiger partial charge in [-0.25, -0.2) is 0 Å². The molecule has 3 aliphatic carbocycles. The molecule has 11 rings (SSSR count). The van der Waals surface area contributed by atoms with Crippen LogP contribution in [0.1, 0.15) is 188 Å². The van der Waals surface area contributed by atoms with Crippen molar-refractivity contribution in [1.29, 1.82) is 0 Å². The van der Waals surface area contributed by atoms with Crippen molar-refractivity contribution in [3.05, 3.63) is 123 Å². The summed E-state index contributed by atoms with van der Waals surface area (Å²) < 4.78 is 2.84. The largest absolute Gasteiger partial charge is 0.311 e. The topological polar surface area (TPSA) is 6.48 Å². The van der Waals surface area contributed by atoms with E-state index in [4.69, 9.17) is 0 Å². The maximum Gasteiger partial charge on any atom is 0.264 e. The predicted octanol–water partition coefficient (Wildman–Crippen LogP) is 15.5. The lowest BCUT2D eigenvalue weighted by Gasteiger charge is -2.45. The molecule has 6 aromatic rings. The Labute approximate surface area is 396 Å². The third kappa shape index (κ3) is 6.09. The van der Waals surface area contributed by atoms with Crippen molar-refractivity contribution >= 4 is 78.0 Å². The summed E-state index contributed by atoms with van der Waals surface area (Å²) in [6.45, 7) is 44.0. The van der Waals surface area contributed by atoms with Crippen LogP contribution >= 0.6 is 11.3 Å². The first-order valence-electron chi connectivity index (χ1n) is 24.8. The van der Waals surface area contributed by atoms with Gasteiger partial charge in [-0.1, -0.05) is 149 Å². The van der Waals surface area contributed by atoms with Gasteiger partial charge in [-0.2, -0.15) is 0 Å². The lowest BCUT2D eigenvalue weighted by molar-refractivity contribution is 0.402. The first-order chi connectivity index (χ1) is 29.9. The third-order valence-corrected chi connectivity index (χ3v) is 18.3. The number of hydrogen-bond donors (Lipinski definition) is 0. The molecule has 0 saturated carbocycles. The Morgan fingerprint density at radius 1 is 0.446 bits per heavy atom. The van der Waals surface area contributed by atoms with Gasteiger partial charge in [0.1, 0.15) is 0 Å². The van der Waals surface area contributed by atoms with E-state index >= 15 is 0 Å². The lowest BCUT2D eigenvalue weighted by Crippen LogP contribution is -2.60. The maximum atomic E-state index is 2.74. The van der Waals surface area contributed by atoms with Crippen molar-refractivity contribution in [2.45, 2.75) is 187 Å². The van der Waals surface area contributed by atoms with E-state index in [0.29, 0.717) is 0 Å². The van der Waals surface area contributed by atoms with Crippen LogP contribution in [0.25, 0.3) is 10.1 Å². The molecule has 0 radical (unpaired) electrons. The highest BCUT2D eigenvalue weighted by atomic mass is 32.1. The summed E-state index contributed by atoms with van der Waals surface area (Å²) in [7, 11) is 0. The highest BCUT2D eigenvalue weighted by Crippen LogP contribution is 2.57. The number of rotatable bonds is 2. The number of hydrogen-bond acceptors (Lipinski definition) is 3. The molecule has 0 unspecified atom stereocenters.